The third-order valence-electron chi connectivity index (χ3n) is 8.14. The lowest BCUT2D eigenvalue weighted by molar-refractivity contribution is -0.274. The highest BCUT2D eigenvalue weighted by Crippen LogP contribution is 2.35. The van der Waals surface area contributed by atoms with Crippen LogP contribution in [0.2, 0.25) is 0 Å². The smallest absolute Gasteiger partial charge is 0.405 e. The lowest BCUT2D eigenvalue weighted by atomic mass is 9.96. The summed E-state index contributed by atoms with van der Waals surface area (Å²) >= 11 is 0. The van der Waals surface area contributed by atoms with Gasteiger partial charge >= 0.3 is 6.36 Å². The number of carbonyl (C=O) groups is 5. The predicted molar refractivity (Wildman–Crippen MR) is 153 cm³/mol. The van der Waals surface area contributed by atoms with E-state index < -0.39 is 47.7 Å². The molecule has 1 atom stereocenters. The summed E-state index contributed by atoms with van der Waals surface area (Å²) in [7, 11) is 0. The average molecular weight is 621 g/mol. The number of imide groups is 2. The molecule has 3 aromatic carbocycles. The SMILES string of the molecule is O=C1CCC(N2C(=O)c3cccc(-c4ccc(CN5CCN(C(=O)c6ccccc6OC(F)(F)F)CC5)cc4)c3C2=O)C(=O)N1. The van der Waals surface area contributed by atoms with Gasteiger partial charge in [-0.15, -0.1) is 13.2 Å². The number of hydrogen-bond acceptors (Lipinski definition) is 7. The van der Waals surface area contributed by atoms with Gasteiger partial charge in [0.2, 0.25) is 11.8 Å². The molecular formula is C32H27F3N4O6. The van der Waals surface area contributed by atoms with Crippen LogP contribution in [0.1, 0.15) is 49.5 Å². The summed E-state index contributed by atoms with van der Waals surface area (Å²) in [6, 6.07) is 16.7. The number of nitrogens with zero attached hydrogens (tertiary/aromatic N) is 3. The van der Waals surface area contributed by atoms with Gasteiger partial charge in [-0.05, 0) is 41.3 Å². The number of hydrogen-bond donors (Lipinski definition) is 1. The van der Waals surface area contributed by atoms with Crippen LogP contribution in [-0.2, 0) is 16.1 Å². The fraction of sp³-hybridized carbons (Fsp3) is 0.281. The number of nitrogens with one attached hydrogen (secondary N) is 1. The number of piperidine rings is 1. The van der Waals surface area contributed by atoms with Crippen LogP contribution in [-0.4, -0.2) is 82.8 Å². The molecule has 0 spiro atoms. The van der Waals surface area contributed by atoms with Crippen LogP contribution in [0.15, 0.2) is 66.7 Å². The fourth-order valence-corrected chi connectivity index (χ4v) is 5.94. The Balaban J connectivity index is 1.11. The first-order valence-corrected chi connectivity index (χ1v) is 14.3. The third-order valence-corrected chi connectivity index (χ3v) is 8.14. The van der Waals surface area contributed by atoms with Gasteiger partial charge in [-0.2, -0.15) is 0 Å². The Labute approximate surface area is 255 Å². The van der Waals surface area contributed by atoms with Crippen LogP contribution in [0.25, 0.3) is 11.1 Å². The van der Waals surface area contributed by atoms with Crippen LogP contribution in [0.3, 0.4) is 0 Å². The summed E-state index contributed by atoms with van der Waals surface area (Å²) in [4.78, 5) is 68.2. The van der Waals surface area contributed by atoms with Gasteiger partial charge < -0.3 is 9.64 Å². The molecule has 0 bridgehead atoms. The molecule has 1 N–H and O–H groups in total. The van der Waals surface area contributed by atoms with Gasteiger partial charge in [-0.1, -0.05) is 48.5 Å². The van der Waals surface area contributed by atoms with Gasteiger partial charge in [0.1, 0.15) is 11.8 Å². The molecule has 3 aromatic rings. The highest BCUT2D eigenvalue weighted by Gasteiger charge is 2.45. The first-order valence-electron chi connectivity index (χ1n) is 14.3. The molecule has 45 heavy (non-hydrogen) atoms. The van der Waals surface area contributed by atoms with Crippen molar-refractivity contribution in [3.63, 3.8) is 0 Å². The molecule has 0 saturated carbocycles. The number of benzene rings is 3. The summed E-state index contributed by atoms with van der Waals surface area (Å²) in [6.45, 7) is 2.23. The molecule has 2 fully saturated rings. The minimum absolute atomic E-state index is 0.0361. The van der Waals surface area contributed by atoms with Crippen LogP contribution < -0.4 is 10.1 Å². The number of fused-ring (bicyclic) bond motifs is 1. The third kappa shape index (κ3) is 6.03. The van der Waals surface area contributed by atoms with E-state index >= 15 is 0 Å². The van der Waals surface area contributed by atoms with Crippen molar-refractivity contribution < 1.29 is 41.9 Å². The normalized spacial score (nSPS) is 19.0. The van der Waals surface area contributed by atoms with Crippen molar-refractivity contribution >= 4 is 29.5 Å². The van der Waals surface area contributed by atoms with E-state index in [1.54, 1.807) is 18.2 Å². The summed E-state index contributed by atoms with van der Waals surface area (Å²) in [5, 5.41) is 2.20. The van der Waals surface area contributed by atoms with Crippen LogP contribution in [0, 0.1) is 0 Å². The summed E-state index contributed by atoms with van der Waals surface area (Å²) in [5.41, 5.74) is 2.48. The molecule has 0 aliphatic carbocycles. The zero-order valence-electron chi connectivity index (χ0n) is 23.8. The van der Waals surface area contributed by atoms with Crippen LogP contribution in [0.5, 0.6) is 5.75 Å². The van der Waals surface area contributed by atoms with Gasteiger partial charge in [0.05, 0.1) is 16.7 Å². The Morgan fingerprint density at radius 2 is 1.53 bits per heavy atom. The molecule has 3 aliphatic rings. The fourth-order valence-electron chi connectivity index (χ4n) is 5.94. The monoisotopic (exact) mass is 620 g/mol. The van der Waals surface area contributed by atoms with E-state index in [1.165, 1.54) is 23.1 Å². The molecule has 0 aromatic heterocycles. The van der Waals surface area contributed by atoms with Crippen molar-refractivity contribution in [2.75, 3.05) is 26.2 Å². The Morgan fingerprint density at radius 1 is 0.844 bits per heavy atom. The maximum absolute atomic E-state index is 13.5. The zero-order valence-corrected chi connectivity index (χ0v) is 23.8. The molecule has 10 nitrogen and oxygen atoms in total. The van der Waals surface area contributed by atoms with Gasteiger partial charge in [0, 0.05) is 39.1 Å². The maximum atomic E-state index is 13.5. The second kappa shape index (κ2) is 11.8. The van der Waals surface area contributed by atoms with Crippen LogP contribution >= 0.6 is 0 Å². The number of carbonyl (C=O) groups excluding carboxylic acids is 5. The Hall–Kier alpha value is -5.04. The van der Waals surface area contributed by atoms with E-state index in [0.29, 0.717) is 43.9 Å². The lowest BCUT2D eigenvalue weighted by Gasteiger charge is -2.35. The number of para-hydroxylation sites is 1. The van der Waals surface area contributed by atoms with Crippen molar-refractivity contribution in [2.45, 2.75) is 31.8 Å². The van der Waals surface area contributed by atoms with E-state index in [4.69, 9.17) is 0 Å². The molecule has 6 rings (SSSR count). The van der Waals surface area contributed by atoms with Crippen molar-refractivity contribution in [3.8, 4) is 16.9 Å². The Morgan fingerprint density at radius 3 is 2.22 bits per heavy atom. The summed E-state index contributed by atoms with van der Waals surface area (Å²) in [5.74, 6) is -3.32. The van der Waals surface area contributed by atoms with Crippen molar-refractivity contribution in [2.24, 2.45) is 0 Å². The van der Waals surface area contributed by atoms with E-state index in [9.17, 15) is 37.1 Å². The Kier molecular flexibility index (Phi) is 7.87. The maximum Gasteiger partial charge on any atom is 0.573 e. The number of halogens is 3. The Bertz CT molecular complexity index is 1700. The highest BCUT2D eigenvalue weighted by molar-refractivity contribution is 6.25. The summed E-state index contributed by atoms with van der Waals surface area (Å²) < 4.78 is 42.4. The molecule has 3 heterocycles. The van der Waals surface area contributed by atoms with E-state index in [2.05, 4.69) is 15.0 Å². The topological polar surface area (TPSA) is 116 Å². The largest absolute Gasteiger partial charge is 0.573 e. The number of ether oxygens (including phenoxy) is 1. The quantitative estimate of drug-likeness (QED) is 0.419. The van der Waals surface area contributed by atoms with Crippen LogP contribution in [0.4, 0.5) is 13.2 Å². The second-order valence-corrected chi connectivity index (χ2v) is 11.0. The molecule has 5 amide bonds. The molecule has 1 unspecified atom stereocenters. The van der Waals surface area contributed by atoms with Crippen molar-refractivity contribution in [3.05, 3.63) is 89.0 Å². The second-order valence-electron chi connectivity index (χ2n) is 11.0. The molecule has 2 saturated heterocycles. The molecule has 3 aliphatic heterocycles. The van der Waals surface area contributed by atoms with E-state index in [-0.39, 0.29) is 29.5 Å². The minimum atomic E-state index is -4.91. The van der Waals surface area contributed by atoms with E-state index in [0.717, 1.165) is 16.5 Å². The van der Waals surface area contributed by atoms with Gasteiger partial charge in [-0.25, -0.2) is 0 Å². The lowest BCUT2D eigenvalue weighted by Crippen LogP contribution is -2.54. The number of amides is 5. The zero-order chi connectivity index (χ0) is 31.9. The first kappa shape index (κ1) is 30.0. The van der Waals surface area contributed by atoms with Crippen molar-refractivity contribution in [1.29, 1.82) is 0 Å². The van der Waals surface area contributed by atoms with Gasteiger partial charge in [0.25, 0.3) is 17.7 Å². The molecular weight excluding hydrogens is 593 g/mol. The predicted octanol–water partition coefficient (Wildman–Crippen LogP) is 3.61. The first-order chi connectivity index (χ1) is 21.5. The van der Waals surface area contributed by atoms with Gasteiger partial charge in [0.15, 0.2) is 0 Å². The molecule has 13 heteroatoms. The summed E-state index contributed by atoms with van der Waals surface area (Å²) in [6.07, 6.45) is -4.80. The number of piperazine rings is 1. The van der Waals surface area contributed by atoms with Gasteiger partial charge in [-0.3, -0.25) is 39.1 Å². The number of rotatable bonds is 6. The minimum Gasteiger partial charge on any atom is -0.405 e. The highest BCUT2D eigenvalue weighted by atomic mass is 19.4. The van der Waals surface area contributed by atoms with E-state index in [1.807, 2.05) is 24.3 Å². The molecule has 0 radical (unpaired) electrons. The molecule has 232 valence electrons. The number of alkyl halides is 3. The standard InChI is InChI=1S/C32H27F3N4O6/c33-32(34,35)45-25-7-2-1-4-22(25)29(42)38-16-14-37(15-17-38)18-19-8-10-20(11-9-19)21-5-3-6-23-27(21)31(44)39(30(23)43)24-12-13-26(40)36-28(24)41/h1-11,24H,12-18H2,(H,36,40,41). The van der Waals surface area contributed by atoms with Crippen molar-refractivity contribution in [1.82, 2.24) is 20.0 Å². The average Bonchev–Trinajstić information content (AvgIpc) is 3.26.